The number of Topliss-reactive ketones (excluding diaryl/α,β-unsaturated/α-hetero) is 1. The summed E-state index contributed by atoms with van der Waals surface area (Å²) in [5, 5.41) is 10.5. The Kier molecular flexibility index (Phi) is 5.78. The van der Waals surface area contributed by atoms with Crippen LogP contribution in [0.2, 0.25) is 0 Å². The number of methoxy groups -OCH3 is 1. The number of ether oxygens (including phenoxy) is 1. The van der Waals surface area contributed by atoms with Crippen molar-refractivity contribution in [2.24, 2.45) is 11.8 Å². The summed E-state index contributed by atoms with van der Waals surface area (Å²) >= 11 is 0. The zero-order chi connectivity index (χ0) is 21.4. The molecule has 3 rings (SSSR count). The molecule has 2 aromatic rings. The predicted octanol–water partition coefficient (Wildman–Crippen LogP) is 4.90. The molecule has 0 bridgehead atoms. The van der Waals surface area contributed by atoms with Crippen molar-refractivity contribution in [1.29, 1.82) is 5.26 Å². The highest BCUT2D eigenvalue weighted by Crippen LogP contribution is 2.62. The molecule has 4 atom stereocenters. The fraction of sp³-hybridized carbons (Fsp3) is 0.458. The number of carbonyl (C=O) groups excluding carboxylic acids is 1. The minimum absolute atomic E-state index is 0.0228. The number of carbonyl (C=O) groups is 1. The first-order valence-electron chi connectivity index (χ1n) is 9.94. The highest BCUT2D eigenvalue weighted by Gasteiger charge is 2.54. The number of ketones is 1. The molecule has 0 radical (unpaired) electrons. The Bertz CT molecular complexity index is 951. The van der Waals surface area contributed by atoms with Crippen LogP contribution in [0.4, 0.5) is 0 Å². The van der Waals surface area contributed by atoms with E-state index in [9.17, 15) is 10.1 Å². The fourth-order valence-electron chi connectivity index (χ4n) is 5.26. The van der Waals surface area contributed by atoms with Gasteiger partial charge in [-0.25, -0.2) is 15.0 Å². The summed E-state index contributed by atoms with van der Waals surface area (Å²) in [5.41, 5.74) is 0.257. The molecule has 1 aromatic carbocycles. The molecule has 154 valence electrons. The third-order valence-electron chi connectivity index (χ3n) is 6.47. The third kappa shape index (κ3) is 3.44. The summed E-state index contributed by atoms with van der Waals surface area (Å²) in [6.45, 7) is 6.06. The quantitative estimate of drug-likeness (QED) is 0.719. The molecule has 1 heterocycles. The van der Waals surface area contributed by atoms with Crippen molar-refractivity contribution in [2.45, 2.75) is 42.8 Å². The highest BCUT2D eigenvalue weighted by atomic mass is 32.3. The molecule has 4 nitrogen and oxygen atoms in total. The molecule has 29 heavy (non-hydrogen) atoms. The van der Waals surface area contributed by atoms with Crippen molar-refractivity contribution in [2.75, 3.05) is 19.6 Å². The van der Waals surface area contributed by atoms with Gasteiger partial charge in [0.15, 0.2) is 5.78 Å². The molecule has 1 aliphatic carbocycles. The molecular weight excluding hydrogens is 380 g/mol. The summed E-state index contributed by atoms with van der Waals surface area (Å²) in [6.07, 6.45) is 5.12. The Labute approximate surface area is 175 Å². The number of aromatic nitrogens is 1. The van der Waals surface area contributed by atoms with Gasteiger partial charge in [-0.15, -0.1) is 0 Å². The Morgan fingerprint density at radius 1 is 1.17 bits per heavy atom. The molecule has 1 fully saturated rings. The molecule has 5 heteroatoms. The van der Waals surface area contributed by atoms with E-state index in [-0.39, 0.29) is 22.9 Å². The van der Waals surface area contributed by atoms with Gasteiger partial charge in [0.25, 0.3) is 0 Å². The molecular formula is C24H30N2O2S. The molecule has 0 N–H and O–H groups in total. The lowest BCUT2D eigenvalue weighted by Gasteiger charge is -2.52. The zero-order valence-corrected chi connectivity index (χ0v) is 18.9. The predicted molar refractivity (Wildman–Crippen MR) is 119 cm³/mol. The van der Waals surface area contributed by atoms with Crippen LogP contribution < -0.4 is 4.74 Å². The summed E-state index contributed by atoms with van der Waals surface area (Å²) < 4.78 is 5.21. The van der Waals surface area contributed by atoms with Crippen molar-refractivity contribution in [3.8, 4) is 11.9 Å². The second kappa shape index (κ2) is 7.84. The summed E-state index contributed by atoms with van der Waals surface area (Å²) in [5.74, 6) is 0.546. The summed E-state index contributed by atoms with van der Waals surface area (Å²) in [4.78, 5) is 19.5. The van der Waals surface area contributed by atoms with Crippen molar-refractivity contribution in [3.63, 3.8) is 0 Å². The van der Waals surface area contributed by atoms with Gasteiger partial charge in [-0.05, 0) is 42.7 Å². The van der Waals surface area contributed by atoms with Crippen LogP contribution in [0.3, 0.4) is 0 Å². The van der Waals surface area contributed by atoms with Crippen LogP contribution in [0.15, 0.2) is 47.4 Å². The van der Waals surface area contributed by atoms with Gasteiger partial charge in [0.05, 0.1) is 13.2 Å². The lowest BCUT2D eigenvalue weighted by molar-refractivity contribution is -0.129. The van der Waals surface area contributed by atoms with Crippen LogP contribution in [0.1, 0.15) is 31.5 Å². The molecule has 1 aliphatic rings. The van der Waals surface area contributed by atoms with Crippen molar-refractivity contribution in [3.05, 3.63) is 53.7 Å². The van der Waals surface area contributed by atoms with Crippen molar-refractivity contribution < 1.29 is 9.53 Å². The van der Waals surface area contributed by atoms with E-state index >= 15 is 0 Å². The van der Waals surface area contributed by atoms with Crippen LogP contribution in [0, 0.1) is 30.1 Å². The normalized spacial score (nSPS) is 27.9. The van der Waals surface area contributed by atoms with Gasteiger partial charge in [-0.3, -0.25) is 4.79 Å². The maximum atomic E-state index is 13.8. The van der Waals surface area contributed by atoms with E-state index in [4.69, 9.17) is 4.74 Å². The average Bonchev–Trinajstić information content (AvgIpc) is 2.71. The van der Waals surface area contributed by atoms with E-state index in [1.807, 2.05) is 26.0 Å². The third-order valence-corrected chi connectivity index (χ3v) is 10.2. The molecule has 0 aliphatic heterocycles. The number of aryl methyl sites for hydroxylation is 1. The zero-order valence-electron chi connectivity index (χ0n) is 18.1. The second-order valence-corrected chi connectivity index (χ2v) is 12.3. The number of rotatable bonds is 4. The molecule has 0 saturated heterocycles. The van der Waals surface area contributed by atoms with E-state index in [1.165, 1.54) is 4.90 Å². The van der Waals surface area contributed by atoms with E-state index in [0.29, 0.717) is 18.0 Å². The number of nitrogens with zero attached hydrogens (tertiary/aromatic N) is 2. The first-order chi connectivity index (χ1) is 13.7. The van der Waals surface area contributed by atoms with Crippen molar-refractivity contribution >= 4 is 15.8 Å². The number of hydrogen-bond donors (Lipinski definition) is 0. The Morgan fingerprint density at radius 2 is 1.83 bits per heavy atom. The van der Waals surface area contributed by atoms with Gasteiger partial charge >= 0.3 is 0 Å². The van der Waals surface area contributed by atoms with Crippen LogP contribution in [0.25, 0.3) is 0 Å². The number of nitriles is 1. The summed E-state index contributed by atoms with van der Waals surface area (Å²) in [6, 6.07) is 16.5. The van der Waals surface area contributed by atoms with Crippen molar-refractivity contribution in [1.82, 2.24) is 4.98 Å². The second-order valence-electron chi connectivity index (χ2n) is 8.52. The maximum absolute atomic E-state index is 13.8. The van der Waals surface area contributed by atoms with E-state index in [1.54, 1.807) is 13.2 Å². The number of benzene rings is 1. The monoisotopic (exact) mass is 410 g/mol. The first-order valence-corrected chi connectivity index (χ1v) is 12.4. The topological polar surface area (TPSA) is 63.0 Å². The standard InChI is InChI=1S/C24H30N2O2S/c1-16-14-24(15-25,20-12-13-21(28-4)26-18(20)3)23(27)17(2)22(16)29(5,6)19-10-8-7-9-11-19/h7-13,16-17,22H,14H2,1-6H3/t16-,17+,22-,24+/m0/s1. The van der Waals surface area contributed by atoms with Gasteiger partial charge in [0.1, 0.15) is 5.41 Å². The maximum Gasteiger partial charge on any atom is 0.213 e. The van der Waals surface area contributed by atoms with Crippen LogP contribution in [-0.2, 0) is 10.2 Å². The smallest absolute Gasteiger partial charge is 0.213 e. The average molecular weight is 411 g/mol. The van der Waals surface area contributed by atoms with Gasteiger partial charge in [0, 0.05) is 28.5 Å². The highest BCUT2D eigenvalue weighted by molar-refractivity contribution is 8.33. The van der Waals surface area contributed by atoms with Gasteiger partial charge in [0.2, 0.25) is 5.88 Å². The lowest BCUT2D eigenvalue weighted by atomic mass is 9.62. The molecule has 0 spiro atoms. The summed E-state index contributed by atoms with van der Waals surface area (Å²) in [7, 11) is 0.345. The van der Waals surface area contributed by atoms with Crippen LogP contribution in [0.5, 0.6) is 5.88 Å². The van der Waals surface area contributed by atoms with Gasteiger partial charge in [-0.2, -0.15) is 5.26 Å². The first kappa shape index (κ1) is 21.4. The fourth-order valence-corrected chi connectivity index (χ4v) is 8.83. The molecule has 1 aromatic heterocycles. The minimum atomic E-state index is -1.22. The Morgan fingerprint density at radius 3 is 2.38 bits per heavy atom. The van der Waals surface area contributed by atoms with E-state index in [0.717, 1.165) is 5.56 Å². The SMILES string of the molecule is COc1ccc([C@]2(C#N)C[C@H](C)[C@H](S(C)(C)c3ccccc3)[C@@H](C)C2=O)c(C)n1. The van der Waals surface area contributed by atoms with Crippen LogP contribution in [-0.4, -0.2) is 35.6 Å². The molecule has 0 unspecified atom stereocenters. The Balaban J connectivity index is 2.05. The number of pyridine rings is 1. The number of hydrogen-bond acceptors (Lipinski definition) is 4. The van der Waals surface area contributed by atoms with Crippen LogP contribution >= 0.6 is 10.0 Å². The lowest BCUT2D eigenvalue weighted by Crippen LogP contribution is -2.52. The van der Waals surface area contributed by atoms with E-state index < -0.39 is 15.4 Å². The minimum Gasteiger partial charge on any atom is -0.481 e. The van der Waals surface area contributed by atoms with Gasteiger partial charge < -0.3 is 4.74 Å². The van der Waals surface area contributed by atoms with E-state index in [2.05, 4.69) is 54.8 Å². The largest absolute Gasteiger partial charge is 0.481 e. The molecule has 0 amide bonds. The van der Waals surface area contributed by atoms with Gasteiger partial charge in [-0.1, -0.05) is 44.2 Å². The molecule has 1 saturated carbocycles. The Hall–Kier alpha value is -2.32.